The summed E-state index contributed by atoms with van der Waals surface area (Å²) in [6, 6.07) is 6.09. The van der Waals surface area contributed by atoms with Crippen LogP contribution in [0, 0.1) is 6.92 Å². The lowest BCUT2D eigenvalue weighted by molar-refractivity contribution is 0.817. The number of nitrogens with zero attached hydrogens (tertiary/aromatic N) is 3. The smallest absolute Gasteiger partial charge is 0.0954 e. The molecule has 3 aromatic heterocycles. The zero-order chi connectivity index (χ0) is 13.2. The average Bonchev–Trinajstić information content (AvgIpc) is 3.00. The number of anilines is 1. The molecule has 96 valence electrons. The van der Waals surface area contributed by atoms with Gasteiger partial charge in [-0.05, 0) is 25.1 Å². The second-order valence-electron chi connectivity index (χ2n) is 4.38. The van der Waals surface area contributed by atoms with Crippen molar-refractivity contribution in [1.82, 2.24) is 14.5 Å². The van der Waals surface area contributed by atoms with Gasteiger partial charge >= 0.3 is 0 Å². The van der Waals surface area contributed by atoms with Crippen LogP contribution in [0.1, 0.15) is 9.75 Å². The van der Waals surface area contributed by atoms with E-state index >= 15 is 0 Å². The van der Waals surface area contributed by atoms with E-state index in [1.165, 1.54) is 9.75 Å². The molecule has 0 saturated heterocycles. The van der Waals surface area contributed by atoms with Crippen LogP contribution in [0.2, 0.25) is 0 Å². The maximum absolute atomic E-state index is 6.00. The molecule has 0 aliphatic rings. The Labute approximate surface area is 115 Å². The number of aryl methyl sites for hydroxylation is 1. The third-order valence-corrected chi connectivity index (χ3v) is 3.95. The van der Waals surface area contributed by atoms with Gasteiger partial charge in [0.1, 0.15) is 0 Å². The monoisotopic (exact) mass is 270 g/mol. The third-order valence-electron chi connectivity index (χ3n) is 2.97. The molecule has 0 aliphatic heterocycles. The number of rotatable bonds is 3. The largest absolute Gasteiger partial charge is 0.398 e. The van der Waals surface area contributed by atoms with Crippen molar-refractivity contribution in [3.05, 3.63) is 52.9 Å². The van der Waals surface area contributed by atoms with Gasteiger partial charge in [-0.2, -0.15) is 0 Å². The minimum Gasteiger partial charge on any atom is -0.398 e. The SMILES string of the molecule is Cc1ccc(Cn2cncc2-c2cnccc2N)s1. The maximum atomic E-state index is 6.00. The molecule has 0 aromatic carbocycles. The van der Waals surface area contributed by atoms with E-state index in [0.29, 0.717) is 0 Å². The number of hydrogen-bond donors (Lipinski definition) is 1. The third kappa shape index (κ3) is 2.37. The molecule has 0 bridgehead atoms. The molecule has 2 N–H and O–H groups in total. The molecule has 4 nitrogen and oxygen atoms in total. The fourth-order valence-corrected chi connectivity index (χ4v) is 2.92. The summed E-state index contributed by atoms with van der Waals surface area (Å²) in [6.07, 6.45) is 7.13. The first kappa shape index (κ1) is 11.9. The molecule has 0 saturated carbocycles. The standard InChI is InChI=1S/C14H14N4S/c1-10-2-3-11(19-10)8-18-9-17-7-14(18)12-6-16-5-4-13(12)15/h2-7,9H,8H2,1H3,(H2,15,16). The molecule has 3 rings (SSSR count). The first-order valence-electron chi connectivity index (χ1n) is 5.99. The second-order valence-corrected chi connectivity index (χ2v) is 5.75. The van der Waals surface area contributed by atoms with Gasteiger partial charge in [0.25, 0.3) is 0 Å². The lowest BCUT2D eigenvalue weighted by Crippen LogP contribution is -2.00. The van der Waals surface area contributed by atoms with Crippen LogP contribution in [0.4, 0.5) is 5.69 Å². The molecular weight excluding hydrogens is 256 g/mol. The average molecular weight is 270 g/mol. The van der Waals surface area contributed by atoms with Gasteiger partial charge in [-0.1, -0.05) is 0 Å². The Morgan fingerprint density at radius 2 is 2.11 bits per heavy atom. The molecule has 3 aromatic rings. The van der Waals surface area contributed by atoms with E-state index < -0.39 is 0 Å². The normalized spacial score (nSPS) is 10.8. The zero-order valence-corrected chi connectivity index (χ0v) is 11.4. The van der Waals surface area contributed by atoms with Gasteiger partial charge in [-0.3, -0.25) is 4.98 Å². The summed E-state index contributed by atoms with van der Waals surface area (Å²) in [6.45, 7) is 2.92. The molecule has 0 radical (unpaired) electrons. The van der Waals surface area contributed by atoms with E-state index in [-0.39, 0.29) is 0 Å². The van der Waals surface area contributed by atoms with Crippen LogP contribution in [0.3, 0.4) is 0 Å². The van der Waals surface area contributed by atoms with Crippen LogP contribution in [0.25, 0.3) is 11.3 Å². The lowest BCUT2D eigenvalue weighted by Gasteiger charge is -2.08. The molecule has 0 aliphatic carbocycles. The van der Waals surface area contributed by atoms with E-state index in [9.17, 15) is 0 Å². The number of nitrogen functional groups attached to an aromatic ring is 1. The van der Waals surface area contributed by atoms with Crippen molar-refractivity contribution >= 4 is 17.0 Å². The number of thiophene rings is 1. The van der Waals surface area contributed by atoms with Crippen LogP contribution in [0.5, 0.6) is 0 Å². The highest BCUT2D eigenvalue weighted by Gasteiger charge is 2.09. The number of nitrogens with two attached hydrogens (primary N) is 1. The number of imidazole rings is 1. The summed E-state index contributed by atoms with van der Waals surface area (Å²) in [5.74, 6) is 0. The summed E-state index contributed by atoms with van der Waals surface area (Å²) in [7, 11) is 0. The summed E-state index contributed by atoms with van der Waals surface area (Å²) in [4.78, 5) is 11.0. The van der Waals surface area contributed by atoms with Crippen molar-refractivity contribution in [2.24, 2.45) is 0 Å². The summed E-state index contributed by atoms with van der Waals surface area (Å²) in [5.41, 5.74) is 8.64. The first-order valence-corrected chi connectivity index (χ1v) is 6.81. The minimum absolute atomic E-state index is 0.721. The van der Waals surface area contributed by atoms with E-state index in [4.69, 9.17) is 5.73 Å². The van der Waals surface area contributed by atoms with E-state index in [1.54, 1.807) is 23.7 Å². The van der Waals surface area contributed by atoms with Crippen LogP contribution >= 0.6 is 11.3 Å². The maximum Gasteiger partial charge on any atom is 0.0954 e. The van der Waals surface area contributed by atoms with Gasteiger partial charge in [0, 0.05) is 33.4 Å². The van der Waals surface area contributed by atoms with Crippen LogP contribution < -0.4 is 5.73 Å². The van der Waals surface area contributed by atoms with Gasteiger partial charge in [-0.25, -0.2) is 4.98 Å². The lowest BCUT2D eigenvalue weighted by atomic mass is 10.2. The topological polar surface area (TPSA) is 56.7 Å². The molecule has 0 spiro atoms. The highest BCUT2D eigenvalue weighted by molar-refractivity contribution is 7.11. The second kappa shape index (κ2) is 4.85. The number of aromatic nitrogens is 3. The van der Waals surface area contributed by atoms with Gasteiger partial charge in [0.05, 0.1) is 24.8 Å². The highest BCUT2D eigenvalue weighted by Crippen LogP contribution is 2.26. The fraction of sp³-hybridized carbons (Fsp3) is 0.143. The fourth-order valence-electron chi connectivity index (χ4n) is 2.03. The molecule has 3 heterocycles. The zero-order valence-electron chi connectivity index (χ0n) is 10.6. The predicted octanol–water partition coefficient (Wildman–Crippen LogP) is 2.95. The van der Waals surface area contributed by atoms with Crippen molar-refractivity contribution in [2.75, 3.05) is 5.73 Å². The summed E-state index contributed by atoms with van der Waals surface area (Å²) >= 11 is 1.80. The molecule has 0 unspecified atom stereocenters. The van der Waals surface area contributed by atoms with Gasteiger partial charge in [0.2, 0.25) is 0 Å². The summed E-state index contributed by atoms with van der Waals surface area (Å²) < 4.78 is 2.10. The summed E-state index contributed by atoms with van der Waals surface area (Å²) in [5, 5.41) is 0. The number of hydrogen-bond acceptors (Lipinski definition) is 4. The van der Waals surface area contributed by atoms with E-state index in [0.717, 1.165) is 23.5 Å². The molecule has 0 fully saturated rings. The van der Waals surface area contributed by atoms with Crippen LogP contribution in [-0.2, 0) is 6.54 Å². The minimum atomic E-state index is 0.721. The molecule has 19 heavy (non-hydrogen) atoms. The van der Waals surface area contributed by atoms with Gasteiger partial charge in [0.15, 0.2) is 0 Å². The first-order chi connectivity index (χ1) is 9.24. The van der Waals surface area contributed by atoms with Gasteiger partial charge in [-0.15, -0.1) is 11.3 Å². The van der Waals surface area contributed by atoms with Crippen molar-refractivity contribution < 1.29 is 0 Å². The van der Waals surface area contributed by atoms with E-state index in [1.807, 2.05) is 18.6 Å². The van der Waals surface area contributed by atoms with Crippen molar-refractivity contribution in [3.63, 3.8) is 0 Å². The van der Waals surface area contributed by atoms with Crippen molar-refractivity contribution in [1.29, 1.82) is 0 Å². The molecule has 0 atom stereocenters. The highest BCUT2D eigenvalue weighted by atomic mass is 32.1. The molecule has 5 heteroatoms. The Balaban J connectivity index is 1.97. The van der Waals surface area contributed by atoms with Crippen LogP contribution in [-0.4, -0.2) is 14.5 Å². The Bertz CT molecular complexity index is 699. The molecule has 0 amide bonds. The molecular formula is C14H14N4S. The Kier molecular flexibility index (Phi) is 3.05. The number of pyridine rings is 1. The Hall–Kier alpha value is -2.14. The predicted molar refractivity (Wildman–Crippen MR) is 78.0 cm³/mol. The quantitative estimate of drug-likeness (QED) is 0.796. The Morgan fingerprint density at radius 3 is 2.84 bits per heavy atom. The van der Waals surface area contributed by atoms with Crippen molar-refractivity contribution in [2.45, 2.75) is 13.5 Å². The Morgan fingerprint density at radius 1 is 1.21 bits per heavy atom. The van der Waals surface area contributed by atoms with Gasteiger partial charge < -0.3 is 10.3 Å². The van der Waals surface area contributed by atoms with E-state index in [2.05, 4.69) is 33.6 Å². The van der Waals surface area contributed by atoms with Crippen LogP contribution in [0.15, 0.2) is 43.1 Å². The van der Waals surface area contributed by atoms with Crippen molar-refractivity contribution in [3.8, 4) is 11.3 Å².